The summed E-state index contributed by atoms with van der Waals surface area (Å²) in [5.74, 6) is 0. The van der Waals surface area contributed by atoms with Crippen molar-refractivity contribution in [3.05, 3.63) is 30.3 Å². The molecule has 0 aliphatic heterocycles. The van der Waals surface area contributed by atoms with Crippen LogP contribution in [0.25, 0.3) is 0 Å². The maximum atomic E-state index is 4.07. The molecule has 0 amide bonds. The molecule has 2 heteroatoms. The molecule has 64 valence electrons. The van der Waals surface area contributed by atoms with Crippen molar-refractivity contribution in [2.45, 2.75) is 19.8 Å². The molecule has 0 N–H and O–H groups in total. The third-order valence-corrected chi connectivity index (χ3v) is 1.55. The van der Waals surface area contributed by atoms with Gasteiger partial charge in [-0.15, -0.1) is 0 Å². The fraction of sp³-hybridized carbons (Fsp3) is 0.400. The minimum atomic E-state index is 0.839. The number of unbranched alkanes of at least 4 members (excludes halogenated alkanes) is 1. The summed E-state index contributed by atoms with van der Waals surface area (Å²) >= 11 is 0. The van der Waals surface area contributed by atoms with Crippen LogP contribution in [0, 0.1) is 0 Å². The van der Waals surface area contributed by atoms with E-state index in [-0.39, 0.29) is 0 Å². The molecule has 0 spiro atoms. The van der Waals surface area contributed by atoms with Gasteiger partial charge in [0, 0.05) is 0 Å². The van der Waals surface area contributed by atoms with Gasteiger partial charge in [-0.2, -0.15) is 10.2 Å². The Kier molecular flexibility index (Phi) is 4.06. The standard InChI is InChI=1S/C10H14N2/c1-2-3-9-11-12-10-7-5-4-6-8-10/h4-8H,2-3,9H2,1H3. The van der Waals surface area contributed by atoms with Crippen molar-refractivity contribution in [1.82, 2.24) is 0 Å². The van der Waals surface area contributed by atoms with Gasteiger partial charge in [-0.25, -0.2) is 0 Å². The number of hydrogen-bond acceptors (Lipinski definition) is 2. The number of azo groups is 1. The normalized spacial score (nSPS) is 10.8. The summed E-state index contributed by atoms with van der Waals surface area (Å²) in [6.45, 7) is 2.99. The molecule has 0 atom stereocenters. The highest BCUT2D eigenvalue weighted by molar-refractivity contribution is 5.34. The summed E-state index contributed by atoms with van der Waals surface area (Å²) in [5, 5.41) is 8.13. The van der Waals surface area contributed by atoms with Gasteiger partial charge < -0.3 is 0 Å². The molecular weight excluding hydrogens is 148 g/mol. The molecule has 0 fully saturated rings. The number of benzene rings is 1. The molecule has 1 rings (SSSR count). The fourth-order valence-corrected chi connectivity index (χ4v) is 0.855. The monoisotopic (exact) mass is 162 g/mol. The van der Waals surface area contributed by atoms with E-state index >= 15 is 0 Å². The lowest BCUT2D eigenvalue weighted by atomic mass is 10.3. The van der Waals surface area contributed by atoms with E-state index in [0.29, 0.717) is 0 Å². The summed E-state index contributed by atoms with van der Waals surface area (Å²) in [7, 11) is 0. The molecule has 1 aromatic rings. The Labute approximate surface area is 73.3 Å². The Morgan fingerprint density at radius 2 is 1.92 bits per heavy atom. The first kappa shape index (κ1) is 8.91. The van der Waals surface area contributed by atoms with Gasteiger partial charge in [0.2, 0.25) is 0 Å². The molecule has 0 bridgehead atoms. The van der Waals surface area contributed by atoms with Gasteiger partial charge in [0.1, 0.15) is 0 Å². The predicted molar refractivity (Wildman–Crippen MR) is 50.7 cm³/mol. The SMILES string of the molecule is CCCCN=Nc1ccccc1. The van der Waals surface area contributed by atoms with Crippen LogP contribution < -0.4 is 0 Å². The van der Waals surface area contributed by atoms with Crippen LogP contribution in [0.1, 0.15) is 19.8 Å². The van der Waals surface area contributed by atoms with Gasteiger partial charge in [0.25, 0.3) is 0 Å². The van der Waals surface area contributed by atoms with Gasteiger partial charge >= 0.3 is 0 Å². The molecule has 0 aromatic heterocycles. The van der Waals surface area contributed by atoms with Crippen molar-refractivity contribution < 1.29 is 0 Å². The maximum absolute atomic E-state index is 4.07. The van der Waals surface area contributed by atoms with E-state index in [9.17, 15) is 0 Å². The maximum Gasteiger partial charge on any atom is 0.0852 e. The lowest BCUT2D eigenvalue weighted by Gasteiger charge is -1.90. The van der Waals surface area contributed by atoms with Crippen LogP contribution in [-0.4, -0.2) is 6.54 Å². The van der Waals surface area contributed by atoms with Crippen LogP contribution in [0.4, 0.5) is 5.69 Å². The Balaban J connectivity index is 2.36. The lowest BCUT2D eigenvalue weighted by Crippen LogP contribution is -1.74. The first-order chi connectivity index (χ1) is 5.93. The van der Waals surface area contributed by atoms with E-state index < -0.39 is 0 Å². The molecular formula is C10H14N2. The van der Waals surface area contributed by atoms with Crippen LogP contribution >= 0.6 is 0 Å². The molecule has 0 aliphatic carbocycles. The van der Waals surface area contributed by atoms with E-state index in [4.69, 9.17) is 0 Å². The van der Waals surface area contributed by atoms with Gasteiger partial charge in [0.15, 0.2) is 0 Å². The van der Waals surface area contributed by atoms with Crippen LogP contribution in [0.5, 0.6) is 0 Å². The van der Waals surface area contributed by atoms with Crippen LogP contribution in [0.3, 0.4) is 0 Å². The zero-order valence-corrected chi connectivity index (χ0v) is 7.40. The Morgan fingerprint density at radius 1 is 1.17 bits per heavy atom. The molecule has 0 aliphatic rings. The highest BCUT2D eigenvalue weighted by atomic mass is 15.1. The van der Waals surface area contributed by atoms with Crippen LogP contribution in [0.15, 0.2) is 40.6 Å². The zero-order valence-electron chi connectivity index (χ0n) is 7.40. The second-order valence-corrected chi connectivity index (χ2v) is 2.65. The topological polar surface area (TPSA) is 24.7 Å². The highest BCUT2D eigenvalue weighted by Crippen LogP contribution is 2.09. The Bertz CT molecular complexity index is 229. The van der Waals surface area contributed by atoms with Gasteiger partial charge in [-0.1, -0.05) is 31.5 Å². The summed E-state index contributed by atoms with van der Waals surface area (Å²) in [4.78, 5) is 0. The third kappa shape index (κ3) is 3.28. The summed E-state index contributed by atoms with van der Waals surface area (Å²) in [5.41, 5.74) is 0.939. The lowest BCUT2D eigenvalue weighted by molar-refractivity contribution is 0.780. The molecule has 0 radical (unpaired) electrons. The average Bonchev–Trinajstić information content (AvgIpc) is 2.14. The average molecular weight is 162 g/mol. The van der Waals surface area contributed by atoms with Gasteiger partial charge in [-0.05, 0) is 18.6 Å². The largest absolute Gasteiger partial charge is 0.189 e. The number of nitrogens with zero attached hydrogens (tertiary/aromatic N) is 2. The van der Waals surface area contributed by atoms with Crippen LogP contribution in [0.2, 0.25) is 0 Å². The zero-order chi connectivity index (χ0) is 8.65. The predicted octanol–water partition coefficient (Wildman–Crippen LogP) is 3.57. The number of rotatable bonds is 4. The Morgan fingerprint density at radius 3 is 2.58 bits per heavy atom. The molecule has 0 heterocycles. The van der Waals surface area contributed by atoms with Crippen molar-refractivity contribution in [2.75, 3.05) is 6.54 Å². The van der Waals surface area contributed by atoms with Gasteiger partial charge in [-0.3, -0.25) is 0 Å². The molecule has 1 aromatic carbocycles. The van der Waals surface area contributed by atoms with E-state index in [1.54, 1.807) is 0 Å². The molecule has 0 saturated heterocycles. The van der Waals surface area contributed by atoms with Crippen LogP contribution in [-0.2, 0) is 0 Å². The van der Waals surface area contributed by atoms with E-state index in [1.165, 1.54) is 6.42 Å². The van der Waals surface area contributed by atoms with Crippen molar-refractivity contribution >= 4 is 5.69 Å². The minimum Gasteiger partial charge on any atom is -0.189 e. The quantitative estimate of drug-likeness (QED) is 0.477. The second kappa shape index (κ2) is 5.47. The highest BCUT2D eigenvalue weighted by Gasteiger charge is 1.83. The van der Waals surface area contributed by atoms with E-state index in [2.05, 4.69) is 17.2 Å². The smallest absolute Gasteiger partial charge is 0.0852 e. The fourth-order valence-electron chi connectivity index (χ4n) is 0.855. The van der Waals surface area contributed by atoms with E-state index in [1.807, 2.05) is 30.3 Å². The molecule has 0 saturated carbocycles. The van der Waals surface area contributed by atoms with Crippen molar-refractivity contribution in [1.29, 1.82) is 0 Å². The third-order valence-electron chi connectivity index (χ3n) is 1.55. The minimum absolute atomic E-state index is 0.839. The molecule has 2 nitrogen and oxygen atoms in total. The summed E-state index contributed by atoms with van der Waals surface area (Å²) in [6.07, 6.45) is 2.30. The number of hydrogen-bond donors (Lipinski definition) is 0. The summed E-state index contributed by atoms with van der Waals surface area (Å²) in [6, 6.07) is 9.82. The summed E-state index contributed by atoms with van der Waals surface area (Å²) < 4.78 is 0. The first-order valence-corrected chi connectivity index (χ1v) is 4.36. The molecule has 0 unspecified atom stereocenters. The molecule has 12 heavy (non-hydrogen) atoms. The van der Waals surface area contributed by atoms with Gasteiger partial charge in [0.05, 0.1) is 12.2 Å². The second-order valence-electron chi connectivity index (χ2n) is 2.65. The van der Waals surface area contributed by atoms with Crippen molar-refractivity contribution in [2.24, 2.45) is 10.2 Å². The van der Waals surface area contributed by atoms with E-state index in [0.717, 1.165) is 18.7 Å². The van der Waals surface area contributed by atoms with Crippen molar-refractivity contribution in [3.63, 3.8) is 0 Å². The Hall–Kier alpha value is -1.18. The first-order valence-electron chi connectivity index (χ1n) is 4.36. The van der Waals surface area contributed by atoms with Crippen molar-refractivity contribution in [3.8, 4) is 0 Å².